The summed E-state index contributed by atoms with van der Waals surface area (Å²) in [7, 11) is 1.61. The minimum Gasteiger partial charge on any atom is -0.497 e. The van der Waals surface area contributed by atoms with E-state index in [1.54, 1.807) is 42.1 Å². The minimum absolute atomic E-state index is 0.353. The molecule has 0 saturated heterocycles. The Kier molecular flexibility index (Phi) is 6.35. The highest BCUT2D eigenvalue weighted by Gasteiger charge is 2.12. The summed E-state index contributed by atoms with van der Waals surface area (Å²) in [5, 5.41) is 12.9. The van der Waals surface area contributed by atoms with Crippen LogP contribution in [0.1, 0.15) is 5.56 Å². The summed E-state index contributed by atoms with van der Waals surface area (Å²) in [4.78, 5) is 25.0. The highest BCUT2D eigenvalue weighted by atomic mass is 16.5. The number of carbonyl (C=O) groups is 1. The fourth-order valence-electron chi connectivity index (χ4n) is 3.63. The molecule has 36 heavy (non-hydrogen) atoms. The van der Waals surface area contributed by atoms with Gasteiger partial charge in [-0.1, -0.05) is 35.5 Å². The van der Waals surface area contributed by atoms with Gasteiger partial charge in [-0.25, -0.2) is 9.48 Å². The Balaban J connectivity index is 1.38. The van der Waals surface area contributed by atoms with E-state index in [-0.39, 0.29) is 12.3 Å². The number of nitrogens with zero attached hydrogens (tertiary/aromatic N) is 5. The number of hydrogen-bond acceptors (Lipinski definition) is 7. The second kappa shape index (κ2) is 10.1. The van der Waals surface area contributed by atoms with Gasteiger partial charge in [0.25, 0.3) is 5.56 Å². The van der Waals surface area contributed by atoms with Crippen molar-refractivity contribution in [3.63, 3.8) is 0 Å². The van der Waals surface area contributed by atoms with Gasteiger partial charge in [-0.3, -0.25) is 4.79 Å². The van der Waals surface area contributed by atoms with Gasteiger partial charge in [-0.2, -0.15) is 9.78 Å². The van der Waals surface area contributed by atoms with Crippen molar-refractivity contribution >= 4 is 22.9 Å². The van der Waals surface area contributed by atoms with Gasteiger partial charge in [0.15, 0.2) is 6.73 Å². The van der Waals surface area contributed by atoms with E-state index in [0.29, 0.717) is 22.2 Å². The van der Waals surface area contributed by atoms with Crippen LogP contribution in [0.3, 0.4) is 0 Å². The molecule has 0 aliphatic carbocycles. The summed E-state index contributed by atoms with van der Waals surface area (Å²) in [5.41, 5.74) is 3.22. The van der Waals surface area contributed by atoms with Crippen molar-refractivity contribution in [1.82, 2.24) is 24.8 Å². The third-order valence-electron chi connectivity index (χ3n) is 5.48. The van der Waals surface area contributed by atoms with E-state index in [4.69, 9.17) is 14.6 Å². The van der Waals surface area contributed by atoms with E-state index in [2.05, 4.69) is 10.3 Å². The van der Waals surface area contributed by atoms with Gasteiger partial charge in [-0.05, 0) is 54.6 Å². The van der Waals surface area contributed by atoms with Crippen molar-refractivity contribution in [2.24, 2.45) is 0 Å². The lowest BCUT2D eigenvalue weighted by atomic mass is 10.1. The van der Waals surface area contributed by atoms with Crippen molar-refractivity contribution in [1.29, 1.82) is 0 Å². The van der Waals surface area contributed by atoms with Crippen LogP contribution >= 0.6 is 0 Å². The topological polar surface area (TPSA) is 101 Å². The van der Waals surface area contributed by atoms with E-state index in [1.165, 1.54) is 6.08 Å². The molecule has 0 aliphatic heterocycles. The highest BCUT2D eigenvalue weighted by molar-refractivity contribution is 5.88. The fraction of sp³-hybridized carbons (Fsp3) is 0.0741. The van der Waals surface area contributed by atoms with E-state index in [0.717, 1.165) is 21.7 Å². The van der Waals surface area contributed by atoms with Crippen molar-refractivity contribution < 1.29 is 14.3 Å². The zero-order chi connectivity index (χ0) is 24.9. The van der Waals surface area contributed by atoms with E-state index >= 15 is 0 Å². The number of para-hydroxylation sites is 1. The lowest BCUT2D eigenvalue weighted by molar-refractivity contribution is -0.141. The van der Waals surface area contributed by atoms with Crippen molar-refractivity contribution in [3.05, 3.63) is 107 Å². The Morgan fingerprint density at radius 3 is 2.50 bits per heavy atom. The van der Waals surface area contributed by atoms with Crippen molar-refractivity contribution in [2.45, 2.75) is 6.73 Å². The predicted molar refractivity (Wildman–Crippen MR) is 134 cm³/mol. The Labute approximate surface area is 205 Å². The first-order valence-electron chi connectivity index (χ1n) is 11.1. The van der Waals surface area contributed by atoms with Crippen molar-refractivity contribution in [3.8, 4) is 22.7 Å². The number of carbonyl (C=O) groups excluding carboxylic acids is 1. The number of ether oxygens (including phenoxy) is 2. The SMILES string of the molecule is COc1ccc(-c2nn(-c3ccccc3)cc2/C=C/C(=O)OCn2nnc3ccccc3c2=O)cc1. The molecule has 0 N–H and O–H groups in total. The lowest BCUT2D eigenvalue weighted by Gasteiger charge is -2.05. The van der Waals surface area contributed by atoms with Crippen LogP contribution in [0, 0.1) is 0 Å². The summed E-state index contributed by atoms with van der Waals surface area (Å²) in [6.07, 6.45) is 4.75. The van der Waals surface area contributed by atoms with Crippen LogP contribution in [0.2, 0.25) is 0 Å². The molecular formula is C27H21N5O4. The number of benzene rings is 3. The maximum atomic E-state index is 12.5. The fourth-order valence-corrected chi connectivity index (χ4v) is 3.63. The minimum atomic E-state index is -0.634. The van der Waals surface area contributed by atoms with Crippen LogP contribution in [0.5, 0.6) is 5.75 Å². The summed E-state index contributed by atoms with van der Waals surface area (Å²) >= 11 is 0. The molecule has 0 fully saturated rings. The van der Waals surface area contributed by atoms with Gasteiger partial charge in [-0.15, -0.1) is 5.10 Å². The Morgan fingerprint density at radius 1 is 0.972 bits per heavy atom. The lowest BCUT2D eigenvalue weighted by Crippen LogP contribution is -2.26. The van der Waals surface area contributed by atoms with Crippen LogP contribution in [-0.4, -0.2) is 37.9 Å². The second-order valence-corrected chi connectivity index (χ2v) is 7.78. The highest BCUT2D eigenvalue weighted by Crippen LogP contribution is 2.26. The molecule has 9 heteroatoms. The molecule has 0 aliphatic rings. The first-order valence-corrected chi connectivity index (χ1v) is 11.1. The first-order chi connectivity index (χ1) is 17.6. The number of fused-ring (bicyclic) bond motifs is 1. The van der Waals surface area contributed by atoms with E-state index in [9.17, 15) is 9.59 Å². The van der Waals surface area contributed by atoms with Gasteiger partial charge in [0.2, 0.25) is 0 Å². The number of methoxy groups -OCH3 is 1. The maximum Gasteiger partial charge on any atom is 0.332 e. The molecule has 0 bridgehead atoms. The van der Waals surface area contributed by atoms with Crippen molar-refractivity contribution in [2.75, 3.05) is 7.11 Å². The monoisotopic (exact) mass is 479 g/mol. The number of rotatable bonds is 7. The molecule has 0 unspecified atom stereocenters. The molecule has 5 aromatic rings. The van der Waals surface area contributed by atoms with Gasteiger partial charge >= 0.3 is 5.97 Å². The zero-order valence-electron chi connectivity index (χ0n) is 19.3. The van der Waals surface area contributed by atoms with Crippen LogP contribution < -0.4 is 10.3 Å². The zero-order valence-corrected chi connectivity index (χ0v) is 19.3. The molecule has 0 spiro atoms. The number of hydrogen-bond donors (Lipinski definition) is 0. The Hall–Kier alpha value is -5.05. The molecule has 2 heterocycles. The molecule has 0 radical (unpaired) electrons. The summed E-state index contributed by atoms with van der Waals surface area (Å²) < 4.78 is 13.2. The summed E-state index contributed by atoms with van der Waals surface area (Å²) in [6, 6.07) is 24.0. The molecule has 0 amide bonds. The van der Waals surface area contributed by atoms with Gasteiger partial charge in [0, 0.05) is 23.4 Å². The largest absolute Gasteiger partial charge is 0.497 e. The molecule has 0 atom stereocenters. The summed E-state index contributed by atoms with van der Waals surface area (Å²) in [6.45, 7) is -0.353. The standard InChI is InChI=1S/C27H21N5O4/c1-35-22-14-11-19(12-15-22)26-20(17-31(29-26)21-7-3-2-4-8-21)13-16-25(33)36-18-32-27(34)23-9-5-6-10-24(23)28-30-32/h2-17H,18H2,1H3/b16-13+. The molecule has 9 nitrogen and oxygen atoms in total. The Bertz CT molecular complexity index is 1610. The molecule has 0 saturated carbocycles. The molecule has 178 valence electrons. The van der Waals surface area contributed by atoms with Crippen LogP contribution in [0.4, 0.5) is 0 Å². The van der Waals surface area contributed by atoms with E-state index in [1.807, 2.05) is 60.8 Å². The molecule has 2 aromatic heterocycles. The Morgan fingerprint density at radius 2 is 1.72 bits per heavy atom. The predicted octanol–water partition coefficient (Wildman–Crippen LogP) is 3.87. The van der Waals surface area contributed by atoms with Gasteiger partial charge < -0.3 is 9.47 Å². The average molecular weight is 479 g/mol. The molecule has 5 rings (SSSR count). The third-order valence-corrected chi connectivity index (χ3v) is 5.48. The van der Waals surface area contributed by atoms with Gasteiger partial charge in [0.05, 0.1) is 23.9 Å². The van der Waals surface area contributed by atoms with Crippen LogP contribution in [0.25, 0.3) is 33.9 Å². The quantitative estimate of drug-likeness (QED) is 0.258. The normalized spacial score (nSPS) is 11.1. The molecule has 3 aromatic carbocycles. The second-order valence-electron chi connectivity index (χ2n) is 7.78. The van der Waals surface area contributed by atoms with Crippen LogP contribution in [0.15, 0.2) is 95.9 Å². The average Bonchev–Trinajstić information content (AvgIpc) is 3.36. The summed E-state index contributed by atoms with van der Waals surface area (Å²) in [5.74, 6) is 0.0962. The third kappa shape index (κ3) is 4.76. The number of aromatic nitrogens is 5. The number of esters is 1. The van der Waals surface area contributed by atoms with Crippen LogP contribution in [-0.2, 0) is 16.3 Å². The maximum absolute atomic E-state index is 12.5. The van der Waals surface area contributed by atoms with E-state index < -0.39 is 5.97 Å². The smallest absolute Gasteiger partial charge is 0.332 e. The van der Waals surface area contributed by atoms with Gasteiger partial charge in [0.1, 0.15) is 11.3 Å². The molecular weight excluding hydrogens is 458 g/mol. The first kappa shape index (κ1) is 22.7.